The summed E-state index contributed by atoms with van der Waals surface area (Å²) in [6.45, 7) is 0.739. The molecule has 0 unspecified atom stereocenters. The summed E-state index contributed by atoms with van der Waals surface area (Å²) >= 11 is 0. The summed E-state index contributed by atoms with van der Waals surface area (Å²) < 4.78 is 14.2. The molecule has 10 heteroatoms. The van der Waals surface area contributed by atoms with Crippen molar-refractivity contribution in [1.82, 2.24) is 25.1 Å². The second kappa shape index (κ2) is 10.3. The Morgan fingerprint density at radius 3 is 2.59 bits per heavy atom. The molecule has 0 radical (unpaired) electrons. The van der Waals surface area contributed by atoms with E-state index in [1.807, 2.05) is 0 Å². The van der Waals surface area contributed by atoms with Crippen molar-refractivity contribution < 1.29 is 14.0 Å². The number of aryl methyl sites for hydroxylation is 1. The highest BCUT2D eigenvalue weighted by atomic mass is 19.1. The molecule has 0 atom stereocenters. The Morgan fingerprint density at radius 1 is 1.15 bits per heavy atom. The summed E-state index contributed by atoms with van der Waals surface area (Å²) in [4.78, 5) is 52.8. The molecule has 182 valence electrons. The molecule has 1 aliphatic heterocycles. The highest BCUT2D eigenvalue weighted by Crippen LogP contribution is 2.34. The van der Waals surface area contributed by atoms with Crippen LogP contribution in [0, 0.1) is 0 Å². The van der Waals surface area contributed by atoms with E-state index in [4.69, 9.17) is 0 Å². The fraction of sp³-hybridized carbons (Fsp3) is 0.500. The molecule has 1 saturated carbocycles. The molecule has 1 saturated heterocycles. The molecule has 2 heterocycles. The molecule has 1 aromatic heterocycles. The summed E-state index contributed by atoms with van der Waals surface area (Å²) in [5.41, 5.74) is 0.727. The quantitative estimate of drug-likeness (QED) is 0.553. The lowest BCUT2D eigenvalue weighted by molar-refractivity contribution is -0.122. The Labute approximate surface area is 196 Å². The van der Waals surface area contributed by atoms with Crippen molar-refractivity contribution >= 4 is 11.8 Å². The van der Waals surface area contributed by atoms with Crippen molar-refractivity contribution in [3.05, 3.63) is 68.0 Å². The number of likely N-dealkylation sites (tertiary alicyclic amines) is 1. The molecule has 34 heavy (non-hydrogen) atoms. The van der Waals surface area contributed by atoms with E-state index < -0.39 is 18.3 Å². The lowest BCUT2D eigenvalue weighted by Gasteiger charge is -2.46. The van der Waals surface area contributed by atoms with Gasteiger partial charge < -0.3 is 15.2 Å². The molecule has 3 N–H and O–H groups in total. The van der Waals surface area contributed by atoms with Crippen molar-refractivity contribution in [1.29, 1.82) is 0 Å². The normalized spacial score (nSPS) is 21.0. The van der Waals surface area contributed by atoms with Crippen LogP contribution in [0.25, 0.3) is 0 Å². The van der Waals surface area contributed by atoms with E-state index in [1.165, 1.54) is 10.6 Å². The molecule has 2 aromatic rings. The number of halogens is 1. The molecule has 0 spiro atoms. The van der Waals surface area contributed by atoms with Gasteiger partial charge in [-0.1, -0.05) is 12.1 Å². The number of nitrogens with zero attached hydrogens (tertiary/aromatic N) is 2. The molecule has 9 nitrogen and oxygen atoms in total. The van der Waals surface area contributed by atoms with Crippen LogP contribution < -0.4 is 21.9 Å². The number of hydrogen-bond acceptors (Lipinski definition) is 5. The minimum atomic E-state index is -0.646. The van der Waals surface area contributed by atoms with E-state index in [0.29, 0.717) is 22.7 Å². The SMILES string of the molecule is Cn1cc(C2CCC(N3CC(NC(=O)CNC(=O)c4cccc(CF)c4)C3)CC2)c(=O)[nH]c1=O. The Kier molecular flexibility index (Phi) is 7.26. The van der Waals surface area contributed by atoms with Crippen LogP contribution in [0.5, 0.6) is 0 Å². The zero-order chi connectivity index (χ0) is 24.2. The minimum Gasteiger partial charge on any atom is -0.349 e. The summed E-state index contributed by atoms with van der Waals surface area (Å²) in [5, 5.41) is 5.51. The number of rotatable bonds is 7. The summed E-state index contributed by atoms with van der Waals surface area (Å²) in [6, 6.07) is 6.73. The number of H-pyrrole nitrogens is 1. The highest BCUT2D eigenvalue weighted by molar-refractivity contribution is 5.96. The number of benzene rings is 1. The van der Waals surface area contributed by atoms with E-state index in [1.54, 1.807) is 31.4 Å². The van der Waals surface area contributed by atoms with Crippen molar-refractivity contribution in [3.63, 3.8) is 0 Å². The van der Waals surface area contributed by atoms with Crippen LogP contribution >= 0.6 is 0 Å². The van der Waals surface area contributed by atoms with Crippen LogP contribution in [-0.2, 0) is 18.5 Å². The van der Waals surface area contributed by atoms with E-state index in [9.17, 15) is 23.6 Å². The largest absolute Gasteiger partial charge is 0.349 e. The van der Waals surface area contributed by atoms with Gasteiger partial charge in [0.2, 0.25) is 5.91 Å². The minimum absolute atomic E-state index is 0.0449. The average molecular weight is 472 g/mol. The predicted molar refractivity (Wildman–Crippen MR) is 124 cm³/mol. The first-order valence-electron chi connectivity index (χ1n) is 11.6. The van der Waals surface area contributed by atoms with Crippen LogP contribution in [0.2, 0.25) is 0 Å². The van der Waals surface area contributed by atoms with Gasteiger partial charge in [-0.15, -0.1) is 0 Å². The summed E-state index contributed by atoms with van der Waals surface area (Å²) in [6.07, 6.45) is 5.34. The number of nitrogens with one attached hydrogen (secondary N) is 3. The van der Waals surface area contributed by atoms with Gasteiger partial charge in [-0.25, -0.2) is 9.18 Å². The Morgan fingerprint density at radius 2 is 1.88 bits per heavy atom. The van der Waals surface area contributed by atoms with E-state index >= 15 is 0 Å². The maximum absolute atomic E-state index is 12.8. The van der Waals surface area contributed by atoms with Gasteiger partial charge >= 0.3 is 5.69 Å². The van der Waals surface area contributed by atoms with Gasteiger partial charge in [-0.3, -0.25) is 24.3 Å². The maximum Gasteiger partial charge on any atom is 0.328 e. The van der Waals surface area contributed by atoms with Gasteiger partial charge in [0.1, 0.15) is 6.67 Å². The predicted octanol–water partition coefficient (Wildman–Crippen LogP) is 0.800. The molecular weight excluding hydrogens is 441 g/mol. The van der Waals surface area contributed by atoms with Crippen LogP contribution in [-0.4, -0.2) is 58.0 Å². The van der Waals surface area contributed by atoms with Gasteiger partial charge in [0, 0.05) is 43.5 Å². The third-order valence-corrected chi connectivity index (χ3v) is 6.82. The van der Waals surface area contributed by atoms with Crippen molar-refractivity contribution in [2.24, 2.45) is 7.05 Å². The van der Waals surface area contributed by atoms with Crippen molar-refractivity contribution in [2.45, 2.75) is 50.4 Å². The second-order valence-corrected chi connectivity index (χ2v) is 9.20. The smallest absolute Gasteiger partial charge is 0.328 e. The molecule has 2 aliphatic rings. The summed E-state index contributed by atoms with van der Waals surface area (Å²) in [5.74, 6) is -0.509. The van der Waals surface area contributed by atoms with Crippen molar-refractivity contribution in [3.8, 4) is 0 Å². The fourth-order valence-corrected chi connectivity index (χ4v) is 4.87. The average Bonchev–Trinajstić information content (AvgIpc) is 2.82. The zero-order valence-electron chi connectivity index (χ0n) is 19.2. The number of alkyl halides is 1. The van der Waals surface area contributed by atoms with Crippen LogP contribution in [0.1, 0.15) is 53.1 Å². The first-order chi connectivity index (χ1) is 16.3. The number of hydrogen-bond donors (Lipinski definition) is 3. The van der Waals surface area contributed by atoms with Gasteiger partial charge in [-0.2, -0.15) is 0 Å². The van der Waals surface area contributed by atoms with Crippen LogP contribution in [0.4, 0.5) is 4.39 Å². The molecule has 0 bridgehead atoms. The first-order valence-corrected chi connectivity index (χ1v) is 11.6. The topological polar surface area (TPSA) is 116 Å². The fourth-order valence-electron chi connectivity index (χ4n) is 4.87. The van der Waals surface area contributed by atoms with Gasteiger partial charge in [0.15, 0.2) is 0 Å². The monoisotopic (exact) mass is 471 g/mol. The lowest BCUT2D eigenvalue weighted by atomic mass is 9.81. The van der Waals surface area contributed by atoms with Crippen LogP contribution in [0.15, 0.2) is 40.1 Å². The third kappa shape index (κ3) is 5.44. The Hall–Kier alpha value is -3.27. The van der Waals surface area contributed by atoms with E-state index in [-0.39, 0.29) is 30.0 Å². The van der Waals surface area contributed by atoms with Crippen molar-refractivity contribution in [2.75, 3.05) is 19.6 Å². The lowest BCUT2D eigenvalue weighted by Crippen LogP contribution is -2.63. The first kappa shape index (κ1) is 23.9. The second-order valence-electron chi connectivity index (χ2n) is 9.20. The Balaban J connectivity index is 1.17. The van der Waals surface area contributed by atoms with Gasteiger partial charge in [0.05, 0.1) is 12.6 Å². The molecular formula is C24H30FN5O4. The highest BCUT2D eigenvalue weighted by Gasteiger charge is 2.35. The molecule has 4 rings (SSSR count). The molecule has 1 aliphatic carbocycles. The number of aromatic amines is 1. The number of carbonyl (C=O) groups is 2. The van der Waals surface area contributed by atoms with E-state index in [0.717, 1.165) is 38.8 Å². The number of carbonyl (C=O) groups excluding carboxylic acids is 2. The molecule has 2 fully saturated rings. The maximum atomic E-state index is 12.8. The zero-order valence-corrected chi connectivity index (χ0v) is 19.2. The van der Waals surface area contributed by atoms with E-state index in [2.05, 4.69) is 20.5 Å². The summed E-state index contributed by atoms with van der Waals surface area (Å²) in [7, 11) is 1.64. The number of amides is 2. The molecule has 1 aromatic carbocycles. The standard InChI is InChI=1S/C24H30FN5O4/c1-29-14-20(23(33)28-24(29)34)16-5-7-19(8-6-16)30-12-18(13-30)27-21(31)11-26-22(32)17-4-2-3-15(9-17)10-25/h2-4,9,14,16,18-19H,5-8,10-13H2,1H3,(H,26,32)(H,27,31)(H,28,33,34). The molecule has 2 amide bonds. The van der Waals surface area contributed by atoms with Gasteiger partial charge in [-0.05, 0) is 49.3 Å². The Bertz CT molecular complexity index is 1160. The third-order valence-electron chi connectivity index (χ3n) is 6.82. The van der Waals surface area contributed by atoms with Crippen LogP contribution in [0.3, 0.4) is 0 Å². The van der Waals surface area contributed by atoms with Gasteiger partial charge in [0.25, 0.3) is 11.5 Å². The number of aromatic nitrogens is 2.